The highest BCUT2D eigenvalue weighted by Crippen LogP contribution is 2.30. The zero-order valence-corrected chi connectivity index (χ0v) is 11.8. The second kappa shape index (κ2) is 5.56. The highest BCUT2D eigenvalue weighted by Gasteiger charge is 2.05. The monoisotopic (exact) mass is 313 g/mol. The molecule has 1 aromatic heterocycles. The zero-order chi connectivity index (χ0) is 12.3. The van der Waals surface area contributed by atoms with Gasteiger partial charge in [-0.3, -0.25) is 0 Å². The van der Waals surface area contributed by atoms with Crippen LogP contribution in [-0.2, 0) is 13.1 Å². The third-order valence-corrected chi connectivity index (χ3v) is 3.93. The van der Waals surface area contributed by atoms with Crippen LogP contribution in [0.15, 0.2) is 35.1 Å². The number of benzene rings is 1. The largest absolute Gasteiger partial charge is 0.377 e. The van der Waals surface area contributed by atoms with Crippen LogP contribution in [0.25, 0.3) is 0 Å². The Kier molecular flexibility index (Phi) is 4.07. The SMILES string of the molecule is CCn1ccnc1CNc1cccc(Cl)c1Br. The fourth-order valence-corrected chi connectivity index (χ4v) is 2.19. The molecule has 0 saturated heterocycles. The van der Waals surface area contributed by atoms with Gasteiger partial charge >= 0.3 is 0 Å². The summed E-state index contributed by atoms with van der Waals surface area (Å²) in [7, 11) is 0. The van der Waals surface area contributed by atoms with Crippen LogP contribution in [0.2, 0.25) is 5.02 Å². The molecule has 0 aliphatic heterocycles. The number of imidazole rings is 1. The van der Waals surface area contributed by atoms with Crippen molar-refractivity contribution in [1.82, 2.24) is 9.55 Å². The maximum atomic E-state index is 6.03. The zero-order valence-electron chi connectivity index (χ0n) is 9.45. The van der Waals surface area contributed by atoms with Crippen LogP contribution in [0, 0.1) is 0 Å². The van der Waals surface area contributed by atoms with Crippen molar-refractivity contribution in [3.63, 3.8) is 0 Å². The molecular weight excluding hydrogens is 302 g/mol. The normalized spacial score (nSPS) is 10.5. The Morgan fingerprint density at radius 3 is 3.06 bits per heavy atom. The maximum absolute atomic E-state index is 6.03. The Morgan fingerprint density at radius 1 is 1.47 bits per heavy atom. The predicted molar refractivity (Wildman–Crippen MR) is 74.4 cm³/mol. The molecule has 0 saturated carbocycles. The molecule has 17 heavy (non-hydrogen) atoms. The van der Waals surface area contributed by atoms with Gasteiger partial charge < -0.3 is 9.88 Å². The number of aromatic nitrogens is 2. The van der Waals surface area contributed by atoms with Crippen LogP contribution >= 0.6 is 27.5 Å². The average molecular weight is 315 g/mol. The molecule has 2 rings (SSSR count). The molecule has 0 bridgehead atoms. The first-order chi connectivity index (χ1) is 8.22. The summed E-state index contributed by atoms with van der Waals surface area (Å²) in [5.74, 6) is 1.01. The lowest BCUT2D eigenvalue weighted by Crippen LogP contribution is -2.07. The predicted octanol–water partition coefficient (Wildman–Crippen LogP) is 3.93. The minimum Gasteiger partial charge on any atom is -0.377 e. The van der Waals surface area contributed by atoms with E-state index in [4.69, 9.17) is 11.6 Å². The molecule has 0 atom stereocenters. The topological polar surface area (TPSA) is 29.9 Å². The number of halogens is 2. The lowest BCUT2D eigenvalue weighted by molar-refractivity contribution is 0.708. The van der Waals surface area contributed by atoms with Gasteiger partial charge in [-0.05, 0) is 35.0 Å². The van der Waals surface area contributed by atoms with Gasteiger partial charge in [0, 0.05) is 18.9 Å². The third-order valence-electron chi connectivity index (χ3n) is 2.53. The average Bonchev–Trinajstić information content (AvgIpc) is 2.78. The molecule has 1 aromatic carbocycles. The Bertz CT molecular complexity index is 510. The van der Waals surface area contributed by atoms with Gasteiger partial charge in [-0.1, -0.05) is 17.7 Å². The first-order valence-electron chi connectivity index (χ1n) is 5.40. The molecule has 0 amide bonds. The molecule has 0 aliphatic carbocycles. The van der Waals surface area contributed by atoms with Gasteiger partial charge in [-0.2, -0.15) is 0 Å². The van der Waals surface area contributed by atoms with E-state index in [0.717, 1.165) is 22.5 Å². The van der Waals surface area contributed by atoms with Crippen molar-refractivity contribution in [3.05, 3.63) is 45.9 Å². The van der Waals surface area contributed by atoms with E-state index < -0.39 is 0 Å². The fraction of sp³-hybridized carbons (Fsp3) is 0.250. The highest BCUT2D eigenvalue weighted by atomic mass is 79.9. The molecule has 2 aromatic rings. The van der Waals surface area contributed by atoms with E-state index in [1.165, 1.54) is 0 Å². The summed E-state index contributed by atoms with van der Waals surface area (Å²) < 4.78 is 2.99. The number of anilines is 1. The minimum absolute atomic E-state index is 0.680. The number of aryl methyl sites for hydroxylation is 1. The number of hydrogen-bond donors (Lipinski definition) is 1. The van der Waals surface area contributed by atoms with Gasteiger partial charge in [0.05, 0.1) is 21.7 Å². The summed E-state index contributed by atoms with van der Waals surface area (Å²) in [5.41, 5.74) is 0.975. The molecular formula is C12H13BrClN3. The molecule has 0 aliphatic rings. The third kappa shape index (κ3) is 2.82. The summed E-state index contributed by atoms with van der Waals surface area (Å²) in [4.78, 5) is 4.31. The lowest BCUT2D eigenvalue weighted by Gasteiger charge is -2.10. The van der Waals surface area contributed by atoms with Crippen LogP contribution in [0.3, 0.4) is 0 Å². The Labute approximate surface area is 114 Å². The van der Waals surface area contributed by atoms with E-state index in [9.17, 15) is 0 Å². The summed E-state index contributed by atoms with van der Waals surface area (Å²) in [6.07, 6.45) is 3.79. The van der Waals surface area contributed by atoms with Gasteiger partial charge in [0.15, 0.2) is 0 Å². The molecule has 3 nitrogen and oxygen atoms in total. The van der Waals surface area contributed by atoms with Gasteiger partial charge in [-0.25, -0.2) is 4.98 Å². The van der Waals surface area contributed by atoms with Gasteiger partial charge in [0.25, 0.3) is 0 Å². The van der Waals surface area contributed by atoms with E-state index in [2.05, 4.69) is 37.7 Å². The van der Waals surface area contributed by atoms with Gasteiger partial charge in [0.2, 0.25) is 0 Å². The molecule has 5 heteroatoms. The molecule has 1 heterocycles. The Hall–Kier alpha value is -1.000. The van der Waals surface area contributed by atoms with Gasteiger partial charge in [0.1, 0.15) is 5.82 Å². The van der Waals surface area contributed by atoms with E-state index in [0.29, 0.717) is 11.6 Å². The first-order valence-corrected chi connectivity index (χ1v) is 6.57. The number of nitrogens with zero attached hydrogens (tertiary/aromatic N) is 2. The van der Waals surface area contributed by atoms with Crippen molar-refractivity contribution in [3.8, 4) is 0 Å². The van der Waals surface area contributed by atoms with Crippen molar-refractivity contribution >= 4 is 33.2 Å². The summed E-state index contributed by atoms with van der Waals surface area (Å²) >= 11 is 9.48. The van der Waals surface area contributed by atoms with Gasteiger partial charge in [-0.15, -0.1) is 0 Å². The van der Waals surface area contributed by atoms with E-state index in [1.807, 2.05) is 30.6 Å². The second-order valence-electron chi connectivity index (χ2n) is 3.58. The summed E-state index contributed by atoms with van der Waals surface area (Å²) in [5, 5.41) is 4.02. The minimum atomic E-state index is 0.680. The molecule has 0 radical (unpaired) electrons. The molecule has 0 fully saturated rings. The number of rotatable bonds is 4. The highest BCUT2D eigenvalue weighted by molar-refractivity contribution is 9.10. The number of nitrogens with one attached hydrogen (secondary N) is 1. The molecule has 0 unspecified atom stereocenters. The van der Waals surface area contributed by atoms with Crippen LogP contribution in [0.1, 0.15) is 12.7 Å². The summed E-state index contributed by atoms with van der Waals surface area (Å²) in [6, 6.07) is 5.75. The summed E-state index contributed by atoms with van der Waals surface area (Å²) in [6.45, 7) is 3.70. The number of hydrogen-bond acceptors (Lipinski definition) is 2. The van der Waals surface area contributed by atoms with Crippen LogP contribution in [-0.4, -0.2) is 9.55 Å². The van der Waals surface area contributed by atoms with Crippen molar-refractivity contribution in [2.45, 2.75) is 20.0 Å². The van der Waals surface area contributed by atoms with E-state index in [1.54, 1.807) is 0 Å². The van der Waals surface area contributed by atoms with Crippen LogP contribution in [0.4, 0.5) is 5.69 Å². The quantitative estimate of drug-likeness (QED) is 0.926. The first kappa shape index (κ1) is 12.5. The smallest absolute Gasteiger partial charge is 0.128 e. The van der Waals surface area contributed by atoms with E-state index in [-0.39, 0.29) is 0 Å². The standard InChI is InChI=1S/C12H13BrClN3/c1-2-17-7-6-15-11(17)8-16-10-5-3-4-9(14)12(10)13/h3-7,16H,2,8H2,1H3. The molecule has 0 spiro atoms. The van der Waals surface area contributed by atoms with Crippen LogP contribution in [0.5, 0.6) is 0 Å². The lowest BCUT2D eigenvalue weighted by atomic mass is 10.3. The van der Waals surface area contributed by atoms with E-state index >= 15 is 0 Å². The Morgan fingerprint density at radius 2 is 2.29 bits per heavy atom. The van der Waals surface area contributed by atoms with Crippen molar-refractivity contribution < 1.29 is 0 Å². The molecule has 1 N–H and O–H groups in total. The molecule has 90 valence electrons. The van der Waals surface area contributed by atoms with Crippen molar-refractivity contribution in [2.24, 2.45) is 0 Å². The Balaban J connectivity index is 2.10. The van der Waals surface area contributed by atoms with Crippen molar-refractivity contribution in [2.75, 3.05) is 5.32 Å². The van der Waals surface area contributed by atoms with Crippen LogP contribution < -0.4 is 5.32 Å². The van der Waals surface area contributed by atoms with Crippen molar-refractivity contribution in [1.29, 1.82) is 0 Å². The maximum Gasteiger partial charge on any atom is 0.128 e. The fourth-order valence-electron chi connectivity index (χ4n) is 1.61. The second-order valence-corrected chi connectivity index (χ2v) is 4.78.